The molecule has 0 saturated carbocycles. The molecule has 0 spiro atoms. The summed E-state index contributed by atoms with van der Waals surface area (Å²) < 4.78 is 5.86. The molecule has 92 valence electrons. The first kappa shape index (κ1) is 11.5. The molecule has 2 aromatic rings. The van der Waals surface area contributed by atoms with Gasteiger partial charge in [0.2, 0.25) is 0 Å². The molecule has 1 fully saturated rings. The van der Waals surface area contributed by atoms with Crippen LogP contribution in [0.2, 0.25) is 0 Å². The van der Waals surface area contributed by atoms with Crippen LogP contribution in [0.15, 0.2) is 42.5 Å². The van der Waals surface area contributed by atoms with Gasteiger partial charge < -0.3 is 4.74 Å². The average Bonchev–Trinajstić information content (AvgIpc) is 3.17. The summed E-state index contributed by atoms with van der Waals surface area (Å²) in [6.45, 7) is 6.55. The molecule has 0 aromatic heterocycles. The lowest BCUT2D eigenvalue weighted by Gasteiger charge is -2.09. The van der Waals surface area contributed by atoms with Crippen molar-refractivity contribution in [2.45, 2.75) is 33.0 Å². The van der Waals surface area contributed by atoms with Crippen molar-refractivity contribution in [3.8, 4) is 0 Å². The summed E-state index contributed by atoms with van der Waals surface area (Å²) >= 11 is 0. The molecule has 2 aromatic carbocycles. The molecule has 1 aliphatic heterocycles. The van der Waals surface area contributed by atoms with Gasteiger partial charge in [0.1, 0.15) is 12.2 Å². The smallest absolute Gasteiger partial charge is 0.114 e. The van der Waals surface area contributed by atoms with Crippen LogP contribution >= 0.6 is 0 Å². The summed E-state index contributed by atoms with van der Waals surface area (Å²) in [6, 6.07) is 14.9. The third kappa shape index (κ3) is 1.85. The van der Waals surface area contributed by atoms with Crippen molar-refractivity contribution >= 4 is 0 Å². The van der Waals surface area contributed by atoms with Gasteiger partial charge in [-0.2, -0.15) is 0 Å². The number of hydrogen-bond acceptors (Lipinski definition) is 1. The topological polar surface area (TPSA) is 12.5 Å². The summed E-state index contributed by atoms with van der Waals surface area (Å²) in [6.07, 6.45) is 0.485. The second-order valence-electron chi connectivity index (χ2n) is 5.11. The van der Waals surface area contributed by atoms with E-state index in [0.717, 1.165) is 0 Å². The van der Waals surface area contributed by atoms with Crippen molar-refractivity contribution in [1.82, 2.24) is 0 Å². The molecular formula is C17H18O. The fourth-order valence-electron chi connectivity index (χ4n) is 2.53. The van der Waals surface area contributed by atoms with E-state index in [2.05, 4.69) is 57.2 Å². The van der Waals surface area contributed by atoms with Gasteiger partial charge in [-0.25, -0.2) is 0 Å². The lowest BCUT2D eigenvalue weighted by atomic mass is 9.95. The highest BCUT2D eigenvalue weighted by molar-refractivity contribution is 5.42. The molecule has 1 heterocycles. The van der Waals surface area contributed by atoms with Crippen molar-refractivity contribution in [1.29, 1.82) is 0 Å². The fraction of sp³-hybridized carbons (Fsp3) is 0.294. The highest BCUT2D eigenvalue weighted by atomic mass is 16.6. The standard InChI is InChI=1S/C17H18O/c1-11-9-10-15(13(3)12(11)2)17-16(18-17)14-7-5-4-6-8-14/h4-10,16-17H,1-3H3. The van der Waals surface area contributed by atoms with Gasteiger partial charge in [-0.15, -0.1) is 0 Å². The number of aryl methyl sites for hydroxylation is 1. The van der Waals surface area contributed by atoms with E-state index in [9.17, 15) is 0 Å². The van der Waals surface area contributed by atoms with Crippen LogP contribution in [0, 0.1) is 20.8 Å². The molecule has 0 bridgehead atoms. The average molecular weight is 238 g/mol. The lowest BCUT2D eigenvalue weighted by molar-refractivity contribution is 0.377. The molecule has 2 unspecified atom stereocenters. The Labute approximate surface area is 108 Å². The quantitative estimate of drug-likeness (QED) is 0.705. The Bertz CT molecular complexity index is 572. The van der Waals surface area contributed by atoms with E-state index in [1.165, 1.54) is 27.8 Å². The van der Waals surface area contributed by atoms with E-state index in [0.29, 0.717) is 0 Å². The molecule has 2 atom stereocenters. The number of hydrogen-bond donors (Lipinski definition) is 0. The number of benzene rings is 2. The minimum Gasteiger partial charge on any atom is -0.359 e. The first-order valence-electron chi connectivity index (χ1n) is 6.45. The number of rotatable bonds is 2. The van der Waals surface area contributed by atoms with E-state index in [-0.39, 0.29) is 12.2 Å². The summed E-state index contributed by atoms with van der Waals surface area (Å²) in [5.41, 5.74) is 6.73. The molecule has 1 aliphatic rings. The third-order valence-corrected chi connectivity index (χ3v) is 4.03. The minimum atomic E-state index is 0.242. The van der Waals surface area contributed by atoms with Gasteiger partial charge in [0.25, 0.3) is 0 Å². The second-order valence-corrected chi connectivity index (χ2v) is 5.11. The van der Waals surface area contributed by atoms with E-state index < -0.39 is 0 Å². The summed E-state index contributed by atoms with van der Waals surface area (Å²) in [7, 11) is 0. The molecule has 0 aliphatic carbocycles. The van der Waals surface area contributed by atoms with Crippen LogP contribution in [0.25, 0.3) is 0 Å². The second kappa shape index (κ2) is 4.25. The van der Waals surface area contributed by atoms with Gasteiger partial charge in [0.15, 0.2) is 0 Å². The van der Waals surface area contributed by atoms with Crippen LogP contribution in [0.1, 0.15) is 40.0 Å². The first-order valence-corrected chi connectivity index (χ1v) is 6.45. The number of epoxide rings is 1. The Balaban J connectivity index is 1.89. The van der Waals surface area contributed by atoms with Gasteiger partial charge in [-0.1, -0.05) is 42.5 Å². The van der Waals surface area contributed by atoms with Gasteiger partial charge in [0.05, 0.1) is 0 Å². The molecule has 0 radical (unpaired) electrons. The van der Waals surface area contributed by atoms with Crippen LogP contribution in [0.5, 0.6) is 0 Å². The maximum absolute atomic E-state index is 5.86. The van der Waals surface area contributed by atoms with E-state index in [1.807, 2.05) is 6.07 Å². The monoisotopic (exact) mass is 238 g/mol. The summed E-state index contributed by atoms with van der Waals surface area (Å²) in [5.74, 6) is 0. The fourth-order valence-corrected chi connectivity index (χ4v) is 2.53. The normalized spacial score (nSPS) is 21.9. The van der Waals surface area contributed by atoms with Gasteiger partial charge >= 0.3 is 0 Å². The molecule has 1 saturated heterocycles. The predicted octanol–water partition coefficient (Wildman–Crippen LogP) is 4.42. The Morgan fingerprint density at radius 2 is 1.50 bits per heavy atom. The zero-order valence-electron chi connectivity index (χ0n) is 11.1. The maximum Gasteiger partial charge on any atom is 0.114 e. The van der Waals surface area contributed by atoms with Crippen LogP contribution in [0.3, 0.4) is 0 Å². The van der Waals surface area contributed by atoms with Gasteiger partial charge in [-0.3, -0.25) is 0 Å². The Morgan fingerprint density at radius 1 is 0.778 bits per heavy atom. The Morgan fingerprint density at radius 3 is 2.22 bits per heavy atom. The van der Waals surface area contributed by atoms with Crippen molar-refractivity contribution in [2.24, 2.45) is 0 Å². The molecular weight excluding hydrogens is 220 g/mol. The largest absolute Gasteiger partial charge is 0.359 e. The molecule has 3 rings (SSSR count). The van der Waals surface area contributed by atoms with Gasteiger partial charge in [-0.05, 0) is 48.6 Å². The Hall–Kier alpha value is -1.60. The highest BCUT2D eigenvalue weighted by Gasteiger charge is 2.42. The highest BCUT2D eigenvalue weighted by Crippen LogP contribution is 2.51. The SMILES string of the molecule is Cc1ccc(C2OC2c2ccccc2)c(C)c1C. The van der Waals surface area contributed by atoms with Crippen molar-refractivity contribution < 1.29 is 4.74 Å². The number of ether oxygens (including phenoxy) is 1. The van der Waals surface area contributed by atoms with Crippen LogP contribution in [0.4, 0.5) is 0 Å². The van der Waals surface area contributed by atoms with Crippen molar-refractivity contribution in [2.75, 3.05) is 0 Å². The van der Waals surface area contributed by atoms with Crippen molar-refractivity contribution in [3.63, 3.8) is 0 Å². The van der Waals surface area contributed by atoms with E-state index >= 15 is 0 Å². The van der Waals surface area contributed by atoms with Crippen LogP contribution in [-0.2, 0) is 4.74 Å². The molecule has 1 nitrogen and oxygen atoms in total. The minimum absolute atomic E-state index is 0.242. The van der Waals surface area contributed by atoms with Crippen LogP contribution in [-0.4, -0.2) is 0 Å². The third-order valence-electron chi connectivity index (χ3n) is 4.03. The first-order chi connectivity index (χ1) is 8.68. The van der Waals surface area contributed by atoms with Crippen LogP contribution < -0.4 is 0 Å². The van der Waals surface area contributed by atoms with E-state index in [1.54, 1.807) is 0 Å². The summed E-state index contributed by atoms with van der Waals surface area (Å²) in [5, 5.41) is 0. The predicted molar refractivity (Wildman–Crippen MR) is 73.7 cm³/mol. The van der Waals surface area contributed by atoms with E-state index in [4.69, 9.17) is 4.74 Å². The molecule has 18 heavy (non-hydrogen) atoms. The van der Waals surface area contributed by atoms with Crippen molar-refractivity contribution in [3.05, 3.63) is 70.3 Å². The molecule has 0 N–H and O–H groups in total. The maximum atomic E-state index is 5.86. The molecule has 0 amide bonds. The Kier molecular flexibility index (Phi) is 2.71. The zero-order valence-corrected chi connectivity index (χ0v) is 11.1. The molecule has 1 heteroatoms. The summed E-state index contributed by atoms with van der Waals surface area (Å²) in [4.78, 5) is 0. The zero-order chi connectivity index (χ0) is 12.7. The van der Waals surface area contributed by atoms with Gasteiger partial charge in [0, 0.05) is 0 Å². The lowest BCUT2D eigenvalue weighted by Crippen LogP contribution is -1.94.